The van der Waals surface area contributed by atoms with E-state index in [9.17, 15) is 9.50 Å². The molecule has 28 heavy (non-hydrogen) atoms. The lowest BCUT2D eigenvalue weighted by molar-refractivity contribution is 0.387. The van der Waals surface area contributed by atoms with Gasteiger partial charge < -0.3 is 19.9 Å². The van der Waals surface area contributed by atoms with Crippen LogP contribution in [0, 0.1) is 5.82 Å². The van der Waals surface area contributed by atoms with Crippen molar-refractivity contribution in [2.75, 3.05) is 31.1 Å². The van der Waals surface area contributed by atoms with Crippen molar-refractivity contribution in [3.63, 3.8) is 0 Å². The quantitative estimate of drug-likeness (QED) is 0.461. The van der Waals surface area contributed by atoms with Crippen molar-refractivity contribution < 1.29 is 9.50 Å². The molecule has 9 heteroatoms. The van der Waals surface area contributed by atoms with Gasteiger partial charge in [0.15, 0.2) is 5.69 Å². The van der Waals surface area contributed by atoms with Crippen molar-refractivity contribution in [3.8, 4) is 5.88 Å². The molecule has 0 spiro atoms. The second kappa shape index (κ2) is 7.73. The van der Waals surface area contributed by atoms with E-state index in [-0.39, 0.29) is 11.7 Å². The first-order chi connectivity index (χ1) is 13.5. The van der Waals surface area contributed by atoms with Crippen LogP contribution in [0.25, 0.3) is 10.9 Å². The number of azo groups is 1. The van der Waals surface area contributed by atoms with E-state index in [0.717, 1.165) is 24.3 Å². The molecule has 0 aliphatic carbocycles. The third-order valence-corrected chi connectivity index (χ3v) is 5.27. The normalized spacial score (nSPS) is 14.9. The Bertz CT molecular complexity index is 1040. The summed E-state index contributed by atoms with van der Waals surface area (Å²) in [5, 5.41) is 19.9. The molecule has 0 amide bonds. The molecule has 2 aromatic carbocycles. The standard InChI is InChI=1S/C19H17ClFN5OS/c20-12-1-6-16-15(11-12)17(18(27)22-16)23-24-19(28)26-9-7-25(8-10-26)14-4-2-13(21)3-5-14/h1-6,11,22,27H,7-10H2. The Kier molecular flexibility index (Phi) is 5.15. The number of anilines is 1. The van der Waals surface area contributed by atoms with Gasteiger partial charge in [-0.1, -0.05) is 11.6 Å². The van der Waals surface area contributed by atoms with E-state index in [2.05, 4.69) is 20.1 Å². The van der Waals surface area contributed by atoms with Crippen molar-refractivity contribution in [2.24, 2.45) is 10.2 Å². The zero-order valence-corrected chi connectivity index (χ0v) is 16.3. The molecule has 1 fully saturated rings. The molecule has 0 radical (unpaired) electrons. The van der Waals surface area contributed by atoms with E-state index in [0.29, 0.717) is 34.3 Å². The SMILES string of the molecule is Oc1[nH]c2ccc(Cl)cc2c1N=NC(=S)N1CCN(c2ccc(F)cc2)CC1. The van der Waals surface area contributed by atoms with Crippen LogP contribution >= 0.6 is 23.8 Å². The molecule has 0 atom stereocenters. The number of nitrogens with zero attached hydrogens (tertiary/aromatic N) is 4. The van der Waals surface area contributed by atoms with Crippen LogP contribution in [0.4, 0.5) is 15.8 Å². The van der Waals surface area contributed by atoms with E-state index >= 15 is 0 Å². The number of aromatic amines is 1. The highest BCUT2D eigenvalue weighted by Crippen LogP contribution is 2.36. The zero-order valence-electron chi connectivity index (χ0n) is 14.8. The zero-order chi connectivity index (χ0) is 19.7. The summed E-state index contributed by atoms with van der Waals surface area (Å²) in [6.07, 6.45) is 0. The molecule has 0 unspecified atom stereocenters. The van der Waals surface area contributed by atoms with Gasteiger partial charge in [0.1, 0.15) is 5.82 Å². The lowest BCUT2D eigenvalue weighted by Gasteiger charge is -2.36. The van der Waals surface area contributed by atoms with Crippen molar-refractivity contribution in [3.05, 3.63) is 53.3 Å². The average Bonchev–Trinajstić information content (AvgIpc) is 3.01. The second-order valence-electron chi connectivity index (χ2n) is 6.45. The van der Waals surface area contributed by atoms with Gasteiger partial charge in [0.05, 0.1) is 5.52 Å². The minimum absolute atomic E-state index is 0.0788. The van der Waals surface area contributed by atoms with Gasteiger partial charge in [-0.25, -0.2) is 4.39 Å². The molecule has 4 rings (SSSR count). The summed E-state index contributed by atoms with van der Waals surface area (Å²) in [7, 11) is 0. The Morgan fingerprint density at radius 3 is 2.54 bits per heavy atom. The van der Waals surface area contributed by atoms with Gasteiger partial charge in [0, 0.05) is 42.3 Å². The van der Waals surface area contributed by atoms with Crippen molar-refractivity contribution in [1.29, 1.82) is 0 Å². The molecule has 1 aromatic heterocycles. The first-order valence-corrected chi connectivity index (χ1v) is 9.51. The van der Waals surface area contributed by atoms with Crippen LogP contribution in [0.2, 0.25) is 5.02 Å². The largest absolute Gasteiger partial charge is 0.493 e. The van der Waals surface area contributed by atoms with Crippen molar-refractivity contribution in [2.45, 2.75) is 0 Å². The monoisotopic (exact) mass is 417 g/mol. The fraction of sp³-hybridized carbons (Fsp3) is 0.211. The summed E-state index contributed by atoms with van der Waals surface area (Å²) in [4.78, 5) is 6.96. The first-order valence-electron chi connectivity index (χ1n) is 8.72. The van der Waals surface area contributed by atoms with Gasteiger partial charge >= 0.3 is 0 Å². The number of thiocarbonyl (C=S) groups is 1. The molecule has 144 valence electrons. The number of halogens is 2. The van der Waals surface area contributed by atoms with Crippen molar-refractivity contribution in [1.82, 2.24) is 9.88 Å². The number of piperazine rings is 1. The van der Waals surface area contributed by atoms with E-state index < -0.39 is 0 Å². The highest BCUT2D eigenvalue weighted by molar-refractivity contribution is 7.80. The topological polar surface area (TPSA) is 67.2 Å². The van der Waals surface area contributed by atoms with Gasteiger partial charge in [0.25, 0.3) is 0 Å². The highest BCUT2D eigenvalue weighted by Gasteiger charge is 2.19. The van der Waals surface area contributed by atoms with E-state index in [1.165, 1.54) is 12.1 Å². The summed E-state index contributed by atoms with van der Waals surface area (Å²) < 4.78 is 13.1. The van der Waals surface area contributed by atoms with Crippen LogP contribution in [0.5, 0.6) is 5.88 Å². The average molecular weight is 418 g/mol. The fourth-order valence-electron chi connectivity index (χ4n) is 3.20. The number of rotatable bonds is 2. The number of nitrogens with one attached hydrogen (secondary N) is 1. The Labute approximate surface area is 171 Å². The second-order valence-corrected chi connectivity index (χ2v) is 7.25. The summed E-state index contributed by atoms with van der Waals surface area (Å²) in [6, 6.07) is 11.7. The molecule has 1 aliphatic heterocycles. The maximum atomic E-state index is 13.1. The lowest BCUT2D eigenvalue weighted by Crippen LogP contribution is -2.47. The number of fused-ring (bicyclic) bond motifs is 1. The molecule has 0 bridgehead atoms. The van der Waals surface area contributed by atoms with Crippen LogP contribution in [0.1, 0.15) is 0 Å². The van der Waals surface area contributed by atoms with Gasteiger partial charge in [-0.15, -0.1) is 10.2 Å². The minimum atomic E-state index is -0.245. The molecule has 2 N–H and O–H groups in total. The molecule has 6 nitrogen and oxygen atoms in total. The number of hydrogen-bond donors (Lipinski definition) is 2. The van der Waals surface area contributed by atoms with Crippen LogP contribution in [-0.2, 0) is 0 Å². The van der Waals surface area contributed by atoms with Crippen molar-refractivity contribution >= 4 is 51.2 Å². The number of H-pyrrole nitrogens is 1. The molecule has 2 heterocycles. The van der Waals surface area contributed by atoms with E-state index in [1.807, 2.05) is 4.90 Å². The predicted octanol–water partition coefficient (Wildman–Crippen LogP) is 4.86. The summed E-state index contributed by atoms with van der Waals surface area (Å²) in [6.45, 7) is 2.85. The number of hydrogen-bond acceptors (Lipinski definition) is 4. The maximum Gasteiger partial charge on any atom is 0.218 e. The first kappa shape index (κ1) is 18.6. The van der Waals surface area contributed by atoms with Crippen LogP contribution in [0.15, 0.2) is 52.7 Å². The van der Waals surface area contributed by atoms with Crippen LogP contribution in [0.3, 0.4) is 0 Å². The number of aromatic nitrogens is 1. The van der Waals surface area contributed by atoms with Gasteiger partial charge in [0.2, 0.25) is 11.0 Å². The van der Waals surface area contributed by atoms with Crippen LogP contribution < -0.4 is 4.90 Å². The molecular weight excluding hydrogens is 401 g/mol. The number of aromatic hydroxyl groups is 1. The maximum absolute atomic E-state index is 13.1. The van der Waals surface area contributed by atoms with Gasteiger partial charge in [-0.2, -0.15) is 0 Å². The molecular formula is C19H17ClFN5OS. The molecule has 3 aromatic rings. The summed E-state index contributed by atoms with van der Waals surface area (Å²) >= 11 is 11.4. The molecule has 0 saturated carbocycles. The summed E-state index contributed by atoms with van der Waals surface area (Å²) in [5.74, 6) is -0.323. The van der Waals surface area contributed by atoms with Gasteiger partial charge in [-0.3, -0.25) is 0 Å². The predicted molar refractivity (Wildman–Crippen MR) is 112 cm³/mol. The Balaban J connectivity index is 1.43. The Hall–Kier alpha value is -2.71. The smallest absolute Gasteiger partial charge is 0.218 e. The van der Waals surface area contributed by atoms with Crippen LogP contribution in [-0.4, -0.2) is 46.3 Å². The summed E-state index contributed by atoms with van der Waals surface area (Å²) in [5.41, 5.74) is 2.01. The fourth-order valence-corrected chi connectivity index (χ4v) is 3.60. The Morgan fingerprint density at radius 1 is 1.11 bits per heavy atom. The Morgan fingerprint density at radius 2 is 1.82 bits per heavy atom. The minimum Gasteiger partial charge on any atom is -0.493 e. The highest BCUT2D eigenvalue weighted by atomic mass is 35.5. The van der Waals surface area contributed by atoms with E-state index in [1.54, 1.807) is 30.3 Å². The third-order valence-electron chi connectivity index (χ3n) is 4.69. The molecule has 1 aliphatic rings. The third kappa shape index (κ3) is 3.79. The molecule has 1 saturated heterocycles. The van der Waals surface area contributed by atoms with Gasteiger partial charge in [-0.05, 0) is 54.7 Å². The lowest BCUT2D eigenvalue weighted by atomic mass is 10.2. The van der Waals surface area contributed by atoms with E-state index in [4.69, 9.17) is 23.8 Å². The number of benzene rings is 2.